The van der Waals surface area contributed by atoms with Crippen LogP contribution in [-0.4, -0.2) is 0 Å². The molecule has 0 heteroatoms. The largest absolute Gasteiger partial charge is 0.0882 e. The smallest absolute Gasteiger partial charge is 0.0155 e. The molecule has 0 amide bonds. The molecule has 0 saturated heterocycles. The van der Waals surface area contributed by atoms with E-state index in [0.717, 1.165) is 19.3 Å². The highest BCUT2D eigenvalue weighted by molar-refractivity contribution is 5.99. The van der Waals surface area contributed by atoms with E-state index < -0.39 is 0 Å². The van der Waals surface area contributed by atoms with Gasteiger partial charge >= 0.3 is 0 Å². The van der Waals surface area contributed by atoms with Crippen LogP contribution in [0.15, 0.2) is 205 Å². The van der Waals surface area contributed by atoms with E-state index in [1.807, 2.05) is 0 Å². The van der Waals surface area contributed by atoms with Crippen molar-refractivity contribution in [3.05, 3.63) is 259 Å². The zero-order valence-electron chi connectivity index (χ0n) is 44.4. The van der Waals surface area contributed by atoms with Gasteiger partial charge in [0.25, 0.3) is 0 Å². The van der Waals surface area contributed by atoms with E-state index in [1.165, 1.54) is 112 Å². The molecule has 0 saturated carbocycles. The van der Waals surface area contributed by atoms with Crippen LogP contribution in [0, 0.1) is 35.5 Å². The van der Waals surface area contributed by atoms with Crippen molar-refractivity contribution in [1.29, 1.82) is 0 Å². The predicted molar refractivity (Wildman–Crippen MR) is 311 cm³/mol. The summed E-state index contributed by atoms with van der Waals surface area (Å²) in [6.07, 6.45) is 37.7. The molecule has 10 aliphatic carbocycles. The molecule has 0 aromatic heterocycles. The molecule has 0 bridgehead atoms. The number of allylic oxidation sites excluding steroid dienone is 18. The van der Waals surface area contributed by atoms with Crippen LogP contribution < -0.4 is 20.9 Å². The normalized spacial score (nSPS) is 29.2. The van der Waals surface area contributed by atoms with E-state index in [4.69, 9.17) is 0 Å². The Kier molecular flexibility index (Phi) is 9.45. The minimum absolute atomic E-state index is 0.0141. The van der Waals surface area contributed by atoms with E-state index >= 15 is 0 Å². The standard InChI is InChI=1S/C74H68/c1-71(2)60-29-17-16-20-48(60)49-36-32-46(42-63(49)71)67-52-21-8-12-25-56(52)69(57-26-13-9-22-53(57)67)70-58-27-14-10-23-54(58)68(55-24-11-15-28-59(55)70)47-33-37-51-50-35-31-44(40-62(50)72(3,4)64(51)43-47)45-34-38-61-65(41-45)73(5,6)66-30-18-19-39-74(61,66)7/h8-18,20-31,33-35,37-38,40-42,52,54,56,58,64,66H,19,32,36,39,43H2,1-7H3. The van der Waals surface area contributed by atoms with Crippen LogP contribution in [-0.2, 0) is 21.7 Å². The van der Waals surface area contributed by atoms with Gasteiger partial charge in [0.1, 0.15) is 0 Å². The topological polar surface area (TPSA) is 0 Å². The number of rotatable bonds is 4. The first-order valence-corrected chi connectivity index (χ1v) is 28.2. The highest BCUT2D eigenvalue weighted by Gasteiger charge is 2.53. The summed E-state index contributed by atoms with van der Waals surface area (Å²) in [4.78, 5) is 0. The van der Waals surface area contributed by atoms with Crippen LogP contribution in [0.3, 0.4) is 0 Å². The third kappa shape index (κ3) is 5.98. The predicted octanol–water partition coefficient (Wildman–Crippen LogP) is 14.7. The van der Waals surface area contributed by atoms with Crippen molar-refractivity contribution in [1.82, 2.24) is 0 Å². The number of hydrogen-bond acceptors (Lipinski definition) is 0. The van der Waals surface area contributed by atoms with Crippen molar-refractivity contribution >= 4 is 33.4 Å². The number of benzene rings is 5. The van der Waals surface area contributed by atoms with Gasteiger partial charge in [-0.1, -0.05) is 231 Å². The van der Waals surface area contributed by atoms with Gasteiger partial charge in [-0.2, -0.15) is 0 Å². The van der Waals surface area contributed by atoms with E-state index in [1.54, 1.807) is 16.7 Å². The zero-order chi connectivity index (χ0) is 50.0. The average molecular weight is 957 g/mol. The maximum Gasteiger partial charge on any atom is 0.0155 e. The SMILES string of the molecule is CC1(C)C2=C(CCC(C3=c4ccccc4=C(C4=c5ccccc5=C(C5=CC=C6c7ccc(-c8ccc9c(c8)C(C)(C)C8C=CCCC98C)cc7C(C)(C)C6C5)C5C=CC=CC45)C4C=CC=CC34)=C2)c2ccccc21. The summed E-state index contributed by atoms with van der Waals surface area (Å²) in [5.74, 6) is 1.88. The van der Waals surface area contributed by atoms with Crippen molar-refractivity contribution in [2.75, 3.05) is 0 Å². The van der Waals surface area contributed by atoms with Crippen LogP contribution in [0.25, 0.3) is 44.6 Å². The molecule has 0 N–H and O–H groups in total. The van der Waals surface area contributed by atoms with Crippen molar-refractivity contribution in [3.63, 3.8) is 0 Å². The number of fused-ring (bicyclic) bond motifs is 12. The van der Waals surface area contributed by atoms with E-state index in [-0.39, 0.29) is 45.3 Å². The summed E-state index contributed by atoms with van der Waals surface area (Å²) in [7, 11) is 0. The molecule has 5 aromatic rings. The first-order chi connectivity index (χ1) is 35.9. The van der Waals surface area contributed by atoms with Crippen molar-refractivity contribution in [3.8, 4) is 11.1 Å². The zero-order valence-corrected chi connectivity index (χ0v) is 44.4. The van der Waals surface area contributed by atoms with Gasteiger partial charge in [-0.25, -0.2) is 0 Å². The molecular formula is C74H68. The fourth-order valence-corrected chi connectivity index (χ4v) is 17.3. The Labute approximate surface area is 439 Å². The third-order valence-corrected chi connectivity index (χ3v) is 20.9. The molecule has 5 aromatic carbocycles. The molecule has 0 heterocycles. The molecule has 7 unspecified atom stereocenters. The Morgan fingerprint density at radius 1 is 0.459 bits per heavy atom. The van der Waals surface area contributed by atoms with Gasteiger partial charge in [0.05, 0.1) is 0 Å². The van der Waals surface area contributed by atoms with E-state index in [9.17, 15) is 0 Å². The van der Waals surface area contributed by atoms with Gasteiger partial charge < -0.3 is 0 Å². The monoisotopic (exact) mass is 957 g/mol. The third-order valence-electron chi connectivity index (χ3n) is 20.9. The first kappa shape index (κ1) is 44.7. The first-order valence-electron chi connectivity index (χ1n) is 28.2. The fourth-order valence-electron chi connectivity index (χ4n) is 17.3. The maximum atomic E-state index is 2.63. The molecule has 7 atom stereocenters. The summed E-state index contributed by atoms with van der Waals surface area (Å²) in [5, 5.41) is 5.65. The van der Waals surface area contributed by atoms with E-state index in [0.29, 0.717) is 11.8 Å². The summed E-state index contributed by atoms with van der Waals surface area (Å²) in [5.41, 5.74) is 25.7. The summed E-state index contributed by atoms with van der Waals surface area (Å²) >= 11 is 0. The van der Waals surface area contributed by atoms with Crippen molar-refractivity contribution in [2.24, 2.45) is 35.5 Å². The molecule has 364 valence electrons. The van der Waals surface area contributed by atoms with Crippen LogP contribution in [0.1, 0.15) is 114 Å². The van der Waals surface area contributed by atoms with Crippen molar-refractivity contribution < 1.29 is 0 Å². The van der Waals surface area contributed by atoms with Crippen LogP contribution in [0.2, 0.25) is 0 Å². The second-order valence-corrected chi connectivity index (χ2v) is 25.5. The Balaban J connectivity index is 0.866. The number of hydrogen-bond donors (Lipinski definition) is 0. The fraction of sp³-hybridized carbons (Fsp3) is 0.297. The Morgan fingerprint density at radius 2 is 1.03 bits per heavy atom. The highest BCUT2D eigenvalue weighted by atomic mass is 14.6. The summed E-state index contributed by atoms with van der Waals surface area (Å²) < 4.78 is 0. The Hall–Kier alpha value is -6.76. The molecule has 74 heavy (non-hydrogen) atoms. The van der Waals surface area contributed by atoms with Crippen molar-refractivity contribution in [2.45, 2.75) is 102 Å². The highest BCUT2D eigenvalue weighted by Crippen LogP contribution is 2.60. The minimum atomic E-state index is -0.0251. The molecule has 15 rings (SSSR count). The second kappa shape index (κ2) is 15.6. The van der Waals surface area contributed by atoms with Gasteiger partial charge in [0, 0.05) is 34.5 Å². The summed E-state index contributed by atoms with van der Waals surface area (Å²) in [6, 6.07) is 43.1. The quantitative estimate of drug-likeness (QED) is 0.158. The van der Waals surface area contributed by atoms with Gasteiger partial charge in [-0.3, -0.25) is 0 Å². The van der Waals surface area contributed by atoms with Gasteiger partial charge in [-0.05, 0) is 176 Å². The van der Waals surface area contributed by atoms with Gasteiger partial charge in [0.15, 0.2) is 0 Å². The Morgan fingerprint density at radius 3 is 1.69 bits per heavy atom. The molecule has 0 fully saturated rings. The molecule has 0 radical (unpaired) electrons. The van der Waals surface area contributed by atoms with Crippen LogP contribution in [0.4, 0.5) is 0 Å². The lowest BCUT2D eigenvalue weighted by molar-refractivity contribution is 0.254. The lowest BCUT2D eigenvalue weighted by atomic mass is 9.62. The molecule has 0 spiro atoms. The minimum Gasteiger partial charge on any atom is -0.0882 e. The lowest BCUT2D eigenvalue weighted by Gasteiger charge is -2.41. The lowest BCUT2D eigenvalue weighted by Crippen LogP contribution is -2.46. The average Bonchev–Trinajstić information content (AvgIpc) is 3.97. The van der Waals surface area contributed by atoms with Crippen LogP contribution >= 0.6 is 0 Å². The molecule has 10 aliphatic rings. The molecule has 0 nitrogen and oxygen atoms in total. The van der Waals surface area contributed by atoms with Gasteiger partial charge in [0.2, 0.25) is 0 Å². The Bertz CT molecular complexity index is 3940. The molecule has 0 aliphatic heterocycles. The molecular weight excluding hydrogens is 889 g/mol. The van der Waals surface area contributed by atoms with Gasteiger partial charge in [-0.15, -0.1) is 0 Å². The second-order valence-electron chi connectivity index (χ2n) is 25.5. The summed E-state index contributed by atoms with van der Waals surface area (Å²) in [6.45, 7) is 17.4. The van der Waals surface area contributed by atoms with E-state index in [2.05, 4.69) is 237 Å². The van der Waals surface area contributed by atoms with Crippen LogP contribution in [0.5, 0.6) is 0 Å². The maximum absolute atomic E-state index is 2.63.